The second-order valence-corrected chi connectivity index (χ2v) is 8.46. The molecule has 2 N–H and O–H groups in total. The van der Waals surface area contributed by atoms with Crippen molar-refractivity contribution in [1.82, 2.24) is 19.7 Å². The molecule has 11 heteroatoms. The molecule has 10 nitrogen and oxygen atoms in total. The first-order chi connectivity index (χ1) is 15.5. The molecule has 5 rings (SSSR count). The molecule has 2 aliphatic rings. The van der Waals surface area contributed by atoms with Crippen molar-refractivity contribution in [3.63, 3.8) is 0 Å². The van der Waals surface area contributed by atoms with Crippen LogP contribution >= 0.6 is 11.3 Å². The van der Waals surface area contributed by atoms with E-state index in [1.807, 2.05) is 12.1 Å². The van der Waals surface area contributed by atoms with Crippen LogP contribution in [0.25, 0.3) is 10.6 Å². The average Bonchev–Trinajstić information content (AvgIpc) is 3.56. The van der Waals surface area contributed by atoms with Crippen LogP contribution in [0.3, 0.4) is 0 Å². The van der Waals surface area contributed by atoms with Crippen LogP contribution in [0.4, 0.5) is 16.3 Å². The minimum atomic E-state index is -0.370. The molecule has 2 aliphatic heterocycles. The normalized spacial score (nSPS) is 15.2. The van der Waals surface area contributed by atoms with Gasteiger partial charge in [0.15, 0.2) is 5.82 Å². The number of amides is 3. The molecule has 0 aliphatic carbocycles. The Morgan fingerprint density at radius 1 is 1.34 bits per heavy atom. The number of benzene rings is 1. The third-order valence-corrected chi connectivity index (χ3v) is 6.34. The quantitative estimate of drug-likeness (QED) is 0.589. The fourth-order valence-corrected chi connectivity index (χ4v) is 4.69. The van der Waals surface area contributed by atoms with Gasteiger partial charge in [-0.3, -0.25) is 14.4 Å². The van der Waals surface area contributed by atoms with E-state index in [1.54, 1.807) is 28.2 Å². The first-order valence-corrected chi connectivity index (χ1v) is 11.2. The number of hydrogen-bond acceptors (Lipinski definition) is 7. The second-order valence-electron chi connectivity index (χ2n) is 7.60. The number of ether oxygens (including phenoxy) is 1. The molecule has 1 fully saturated rings. The summed E-state index contributed by atoms with van der Waals surface area (Å²) in [5, 5.41) is 18.8. The van der Waals surface area contributed by atoms with Crippen molar-refractivity contribution in [2.24, 2.45) is 7.05 Å². The number of aliphatic hydroxyl groups is 1. The van der Waals surface area contributed by atoms with Crippen molar-refractivity contribution in [1.29, 1.82) is 0 Å². The summed E-state index contributed by atoms with van der Waals surface area (Å²) >= 11 is 1.40. The number of aryl methyl sites for hydroxylation is 1. The maximum absolute atomic E-state index is 12.9. The van der Waals surface area contributed by atoms with E-state index in [-0.39, 0.29) is 25.1 Å². The molecule has 4 heterocycles. The Balaban J connectivity index is 1.34. The Kier molecular flexibility index (Phi) is 5.27. The van der Waals surface area contributed by atoms with Gasteiger partial charge in [0.2, 0.25) is 0 Å². The van der Waals surface area contributed by atoms with Crippen LogP contribution in [0, 0.1) is 0 Å². The molecule has 3 amide bonds. The number of nitrogens with zero attached hydrogens (tertiary/aromatic N) is 5. The maximum atomic E-state index is 12.9. The second kappa shape index (κ2) is 8.24. The number of carbonyl (C=O) groups excluding carboxylic acids is 2. The van der Waals surface area contributed by atoms with Gasteiger partial charge >= 0.3 is 6.03 Å². The highest BCUT2D eigenvalue weighted by molar-refractivity contribution is 7.13. The van der Waals surface area contributed by atoms with Gasteiger partial charge in [0.1, 0.15) is 22.1 Å². The number of urea groups is 1. The van der Waals surface area contributed by atoms with Crippen molar-refractivity contribution in [3.05, 3.63) is 41.0 Å². The number of thiazole rings is 1. The number of carbonyl (C=O) groups is 2. The number of β-amino-alcohol motifs (C(OH)–C–C–N with tert-alkyl or cyclic N) is 1. The van der Waals surface area contributed by atoms with E-state index in [2.05, 4.69) is 21.5 Å². The summed E-state index contributed by atoms with van der Waals surface area (Å²) in [6.45, 7) is 1.77. The predicted molar refractivity (Wildman–Crippen MR) is 119 cm³/mol. The Labute approximate surface area is 188 Å². The van der Waals surface area contributed by atoms with E-state index in [0.29, 0.717) is 36.9 Å². The van der Waals surface area contributed by atoms with Gasteiger partial charge in [0.25, 0.3) is 5.91 Å². The van der Waals surface area contributed by atoms with E-state index >= 15 is 0 Å². The van der Waals surface area contributed by atoms with Crippen molar-refractivity contribution in [3.8, 4) is 16.3 Å². The zero-order chi connectivity index (χ0) is 22.2. The predicted octanol–water partition coefficient (Wildman–Crippen LogP) is 1.97. The van der Waals surface area contributed by atoms with Crippen LogP contribution in [-0.4, -0.2) is 69.6 Å². The number of anilines is 2. The van der Waals surface area contributed by atoms with Gasteiger partial charge in [-0.25, -0.2) is 9.78 Å². The zero-order valence-electron chi connectivity index (χ0n) is 17.4. The molecule has 32 heavy (non-hydrogen) atoms. The molecule has 0 bridgehead atoms. The largest absolute Gasteiger partial charge is 0.493 e. The van der Waals surface area contributed by atoms with Crippen LogP contribution in [0.2, 0.25) is 0 Å². The third kappa shape index (κ3) is 3.69. The molecule has 1 aromatic carbocycles. The van der Waals surface area contributed by atoms with Crippen molar-refractivity contribution >= 4 is 34.8 Å². The number of aromatic nitrogens is 3. The number of rotatable bonds is 6. The average molecular weight is 455 g/mol. The van der Waals surface area contributed by atoms with Gasteiger partial charge in [-0.1, -0.05) is 0 Å². The first-order valence-electron chi connectivity index (χ1n) is 10.3. The fourth-order valence-electron chi connectivity index (χ4n) is 3.89. The first kappa shape index (κ1) is 20.5. The Bertz CT molecular complexity index is 1190. The lowest BCUT2D eigenvalue weighted by atomic mass is 10.1. The van der Waals surface area contributed by atoms with Crippen LogP contribution < -0.4 is 15.0 Å². The molecular weight excluding hydrogens is 432 g/mol. The SMILES string of the molecule is Cn1cc(NC(=O)c2csc(-c3ccc4c(c3)CCO4)n2)c(N2CCN(CCO)C2=O)n1. The Hall–Kier alpha value is -3.44. The van der Waals surface area contributed by atoms with Crippen LogP contribution in [0.1, 0.15) is 16.1 Å². The summed E-state index contributed by atoms with van der Waals surface area (Å²) in [5.74, 6) is 0.909. The molecule has 0 atom stereocenters. The van der Waals surface area contributed by atoms with Crippen LogP contribution in [0.15, 0.2) is 29.8 Å². The topological polar surface area (TPSA) is 113 Å². The van der Waals surface area contributed by atoms with E-state index in [4.69, 9.17) is 9.84 Å². The minimum Gasteiger partial charge on any atom is -0.493 e. The lowest BCUT2D eigenvalue weighted by Gasteiger charge is -2.17. The number of hydrogen-bond donors (Lipinski definition) is 2. The molecule has 3 aromatic rings. The summed E-state index contributed by atoms with van der Waals surface area (Å²) < 4.78 is 7.10. The molecular formula is C21H22N6O4S. The molecule has 2 aromatic heterocycles. The number of nitrogens with one attached hydrogen (secondary N) is 1. The van der Waals surface area contributed by atoms with E-state index in [0.717, 1.165) is 28.3 Å². The molecule has 0 spiro atoms. The summed E-state index contributed by atoms with van der Waals surface area (Å²) in [5.41, 5.74) is 2.83. The number of fused-ring (bicyclic) bond motifs is 1. The van der Waals surface area contributed by atoms with E-state index in [1.165, 1.54) is 16.2 Å². The summed E-state index contributed by atoms with van der Waals surface area (Å²) in [4.78, 5) is 33.1. The van der Waals surface area contributed by atoms with Gasteiger partial charge in [0, 0.05) is 44.0 Å². The molecule has 1 saturated heterocycles. The minimum absolute atomic E-state index is 0.102. The van der Waals surface area contributed by atoms with Gasteiger partial charge in [-0.15, -0.1) is 11.3 Å². The van der Waals surface area contributed by atoms with Gasteiger partial charge in [-0.05, 0) is 23.8 Å². The fraction of sp³-hybridized carbons (Fsp3) is 0.333. The molecule has 0 radical (unpaired) electrons. The lowest BCUT2D eigenvalue weighted by molar-refractivity contribution is 0.102. The van der Waals surface area contributed by atoms with Gasteiger partial charge in [-0.2, -0.15) is 5.10 Å². The Morgan fingerprint density at radius 2 is 2.22 bits per heavy atom. The van der Waals surface area contributed by atoms with Crippen molar-refractivity contribution in [2.45, 2.75) is 6.42 Å². The van der Waals surface area contributed by atoms with Crippen LogP contribution in [-0.2, 0) is 13.5 Å². The standard InChI is InChI=1S/C21H22N6O4S/c1-25-11-15(18(24-25)27-6-5-26(7-8-28)21(27)30)22-19(29)16-12-32-20(23-16)14-2-3-17-13(10-14)4-9-31-17/h2-3,10-12,28H,4-9H2,1H3,(H,22,29). The van der Waals surface area contributed by atoms with Crippen molar-refractivity contribution in [2.75, 3.05) is 43.1 Å². The molecule has 0 unspecified atom stereocenters. The molecule has 0 saturated carbocycles. The summed E-state index contributed by atoms with van der Waals surface area (Å²) in [6, 6.07) is 5.69. The highest BCUT2D eigenvalue weighted by atomic mass is 32.1. The van der Waals surface area contributed by atoms with E-state index in [9.17, 15) is 9.59 Å². The van der Waals surface area contributed by atoms with Crippen LogP contribution in [0.5, 0.6) is 5.75 Å². The zero-order valence-corrected chi connectivity index (χ0v) is 18.3. The van der Waals surface area contributed by atoms with Gasteiger partial charge in [0.05, 0.1) is 19.4 Å². The van der Waals surface area contributed by atoms with Crippen molar-refractivity contribution < 1.29 is 19.4 Å². The lowest BCUT2D eigenvalue weighted by Crippen LogP contribution is -2.34. The van der Waals surface area contributed by atoms with E-state index < -0.39 is 0 Å². The summed E-state index contributed by atoms with van der Waals surface area (Å²) in [6.07, 6.45) is 2.53. The number of aliphatic hydroxyl groups excluding tert-OH is 1. The Morgan fingerprint density at radius 3 is 3.06 bits per heavy atom. The summed E-state index contributed by atoms with van der Waals surface area (Å²) in [7, 11) is 1.73. The molecule has 166 valence electrons. The highest BCUT2D eigenvalue weighted by Gasteiger charge is 2.33. The third-order valence-electron chi connectivity index (χ3n) is 5.45. The maximum Gasteiger partial charge on any atom is 0.325 e. The monoisotopic (exact) mass is 454 g/mol. The highest BCUT2D eigenvalue weighted by Crippen LogP contribution is 2.32. The smallest absolute Gasteiger partial charge is 0.325 e. The van der Waals surface area contributed by atoms with Gasteiger partial charge < -0.3 is 20.1 Å².